The fourth-order valence-corrected chi connectivity index (χ4v) is 3.31. The van der Waals surface area contributed by atoms with Crippen LogP contribution in [0.2, 0.25) is 0 Å². The Bertz CT molecular complexity index is 1140. The molecular weight excluding hydrogens is 405 g/mol. The molecule has 4 aromatic rings. The molecule has 0 saturated carbocycles. The van der Waals surface area contributed by atoms with Crippen molar-refractivity contribution in [3.05, 3.63) is 65.8 Å². The van der Waals surface area contributed by atoms with Crippen molar-refractivity contribution in [1.82, 2.24) is 15.0 Å². The van der Waals surface area contributed by atoms with Crippen molar-refractivity contribution < 1.29 is 23.0 Å². The van der Waals surface area contributed by atoms with Gasteiger partial charge in [0.2, 0.25) is 0 Å². The van der Waals surface area contributed by atoms with Gasteiger partial charge in [-0.15, -0.1) is 24.5 Å². The van der Waals surface area contributed by atoms with Gasteiger partial charge < -0.3 is 15.2 Å². The lowest BCUT2D eigenvalue weighted by Crippen LogP contribution is -2.17. The molecule has 0 amide bonds. The number of ether oxygens (including phenoxy) is 1. The topological polar surface area (TPSA) is 80.2 Å². The molecule has 0 aliphatic rings. The Hall–Kier alpha value is -3.24. The molecule has 0 fully saturated rings. The summed E-state index contributed by atoms with van der Waals surface area (Å²) in [7, 11) is 0. The lowest BCUT2D eigenvalue weighted by atomic mass is 10.1. The van der Waals surface area contributed by atoms with E-state index in [2.05, 4.69) is 25.0 Å². The van der Waals surface area contributed by atoms with Crippen LogP contribution < -0.4 is 10.1 Å². The van der Waals surface area contributed by atoms with Gasteiger partial charge in [0.1, 0.15) is 5.75 Å². The van der Waals surface area contributed by atoms with Crippen LogP contribution in [0.15, 0.2) is 60.2 Å². The van der Waals surface area contributed by atoms with Gasteiger partial charge in [-0.1, -0.05) is 24.3 Å². The minimum absolute atomic E-state index is 0.346. The number of hydrogen-bond acceptors (Lipinski definition) is 7. The molecule has 2 heterocycles. The Morgan fingerprint density at radius 3 is 2.69 bits per heavy atom. The second kappa shape index (κ2) is 7.64. The molecule has 0 aliphatic heterocycles. The number of benzene rings is 2. The zero-order valence-corrected chi connectivity index (χ0v) is 15.4. The normalized spacial score (nSPS) is 12.7. The summed E-state index contributed by atoms with van der Waals surface area (Å²) in [5.74, 6) is -0.351. The molecule has 0 bridgehead atoms. The van der Waals surface area contributed by atoms with Crippen LogP contribution in [0.5, 0.6) is 5.75 Å². The number of nitrogens with one attached hydrogen (secondary N) is 1. The van der Waals surface area contributed by atoms with Gasteiger partial charge in [0.05, 0.1) is 22.9 Å². The van der Waals surface area contributed by atoms with E-state index in [1.165, 1.54) is 35.7 Å². The molecule has 2 aromatic carbocycles. The summed E-state index contributed by atoms with van der Waals surface area (Å²) < 4.78 is 41.4. The Kier molecular flexibility index (Phi) is 5.03. The van der Waals surface area contributed by atoms with Crippen LogP contribution in [0, 0.1) is 0 Å². The van der Waals surface area contributed by atoms with E-state index in [4.69, 9.17) is 0 Å². The summed E-state index contributed by atoms with van der Waals surface area (Å²) in [5, 5.41) is 15.7. The third-order valence-corrected chi connectivity index (χ3v) is 4.66. The van der Waals surface area contributed by atoms with E-state index in [1.807, 2.05) is 0 Å². The highest BCUT2D eigenvalue weighted by Gasteiger charge is 2.31. The molecule has 1 unspecified atom stereocenters. The third-order valence-electron chi connectivity index (χ3n) is 3.95. The number of aromatic nitrogens is 3. The highest BCUT2D eigenvalue weighted by molar-refractivity contribution is 7.13. The molecule has 10 heteroatoms. The highest BCUT2D eigenvalue weighted by Crippen LogP contribution is 2.29. The molecule has 2 aromatic heterocycles. The number of para-hydroxylation sites is 1. The monoisotopic (exact) mass is 418 g/mol. The van der Waals surface area contributed by atoms with E-state index in [-0.39, 0.29) is 5.75 Å². The summed E-state index contributed by atoms with van der Waals surface area (Å²) in [6.07, 6.45) is -2.81. The highest BCUT2D eigenvalue weighted by atomic mass is 32.1. The van der Waals surface area contributed by atoms with Gasteiger partial charge in [-0.05, 0) is 18.2 Å². The van der Waals surface area contributed by atoms with E-state index < -0.39 is 12.6 Å². The number of halogens is 3. The van der Waals surface area contributed by atoms with Crippen LogP contribution in [-0.2, 0) is 0 Å². The van der Waals surface area contributed by atoms with Gasteiger partial charge in [-0.25, -0.2) is 9.97 Å². The van der Waals surface area contributed by atoms with E-state index >= 15 is 0 Å². The largest absolute Gasteiger partial charge is 0.573 e. The van der Waals surface area contributed by atoms with E-state index in [0.717, 1.165) is 0 Å². The molecule has 29 heavy (non-hydrogen) atoms. The van der Waals surface area contributed by atoms with Crippen molar-refractivity contribution in [2.45, 2.75) is 12.6 Å². The fraction of sp³-hybridized carbons (Fsp3) is 0.105. The van der Waals surface area contributed by atoms with Crippen LogP contribution in [-0.4, -0.2) is 26.4 Å². The molecule has 0 aliphatic carbocycles. The molecule has 1 atom stereocenters. The quantitative estimate of drug-likeness (QED) is 0.455. The summed E-state index contributed by atoms with van der Waals surface area (Å²) in [6.45, 7) is 0. The number of fused-ring (bicyclic) bond motifs is 1. The van der Waals surface area contributed by atoms with Crippen molar-refractivity contribution in [3.8, 4) is 17.0 Å². The maximum atomic E-state index is 12.5. The first-order valence-corrected chi connectivity index (χ1v) is 9.23. The molecule has 0 spiro atoms. The molecule has 6 nitrogen and oxygen atoms in total. The number of alkyl halides is 3. The van der Waals surface area contributed by atoms with Crippen LogP contribution in [0.25, 0.3) is 22.3 Å². The van der Waals surface area contributed by atoms with Crippen LogP contribution in [0.4, 0.5) is 18.3 Å². The van der Waals surface area contributed by atoms with Crippen molar-refractivity contribution in [2.75, 3.05) is 5.32 Å². The second-order valence-electron chi connectivity index (χ2n) is 5.93. The molecule has 2 N–H and O–H groups in total. The number of hydrogen-bond donors (Lipinski definition) is 2. The summed E-state index contributed by atoms with van der Waals surface area (Å²) in [4.78, 5) is 12.9. The standard InChI is InChI=1S/C19H13F3N4O2S/c20-19(21,22)28-12-4-1-3-11(9-12)15-10-24-14-6-2-5-13(16(14)25-15)17(27)26-18-23-7-8-29-18/h1-10,17,27H,(H,23,26). The number of aliphatic hydroxyl groups is 1. The molecule has 148 valence electrons. The van der Waals surface area contributed by atoms with E-state index in [1.54, 1.807) is 35.8 Å². The Balaban J connectivity index is 1.71. The predicted molar refractivity (Wildman–Crippen MR) is 102 cm³/mol. The Morgan fingerprint density at radius 1 is 1.10 bits per heavy atom. The Labute approximate surface area is 166 Å². The van der Waals surface area contributed by atoms with E-state index in [0.29, 0.717) is 33.0 Å². The first-order valence-electron chi connectivity index (χ1n) is 8.35. The summed E-state index contributed by atoms with van der Waals surface area (Å²) >= 11 is 1.33. The molecule has 0 radical (unpaired) electrons. The molecular formula is C19H13F3N4O2S. The average Bonchev–Trinajstić information content (AvgIpc) is 3.19. The summed E-state index contributed by atoms with van der Waals surface area (Å²) in [6, 6.07) is 10.6. The van der Waals surface area contributed by atoms with Crippen LogP contribution in [0.1, 0.15) is 11.8 Å². The number of thiazole rings is 1. The number of nitrogens with zero attached hydrogens (tertiary/aromatic N) is 3. The minimum atomic E-state index is -4.79. The SMILES string of the molecule is OC(Nc1nccs1)c1cccc2ncc(-c3cccc(OC(F)(F)F)c3)nc12. The zero-order valence-electron chi connectivity index (χ0n) is 14.6. The van der Waals surface area contributed by atoms with Crippen molar-refractivity contribution in [2.24, 2.45) is 0 Å². The maximum absolute atomic E-state index is 12.5. The first-order chi connectivity index (χ1) is 13.9. The van der Waals surface area contributed by atoms with Crippen LogP contribution in [0.3, 0.4) is 0 Å². The summed E-state index contributed by atoms with van der Waals surface area (Å²) in [5.41, 5.74) is 2.17. The number of rotatable bonds is 5. The zero-order chi connectivity index (χ0) is 20.4. The maximum Gasteiger partial charge on any atom is 0.573 e. The number of aliphatic hydroxyl groups excluding tert-OH is 1. The smallest absolute Gasteiger partial charge is 0.406 e. The van der Waals surface area contributed by atoms with Crippen molar-refractivity contribution in [3.63, 3.8) is 0 Å². The van der Waals surface area contributed by atoms with Gasteiger partial charge in [-0.3, -0.25) is 4.98 Å². The van der Waals surface area contributed by atoms with Gasteiger partial charge in [0.25, 0.3) is 0 Å². The first kappa shape index (κ1) is 19.1. The Morgan fingerprint density at radius 2 is 1.93 bits per heavy atom. The lowest BCUT2D eigenvalue weighted by molar-refractivity contribution is -0.274. The van der Waals surface area contributed by atoms with Gasteiger partial charge in [-0.2, -0.15) is 0 Å². The van der Waals surface area contributed by atoms with Gasteiger partial charge >= 0.3 is 6.36 Å². The van der Waals surface area contributed by atoms with Crippen LogP contribution >= 0.6 is 11.3 Å². The second-order valence-corrected chi connectivity index (χ2v) is 6.82. The minimum Gasteiger partial charge on any atom is -0.406 e. The third kappa shape index (κ3) is 4.44. The lowest BCUT2D eigenvalue weighted by Gasteiger charge is -2.14. The molecule has 4 rings (SSSR count). The van der Waals surface area contributed by atoms with Crippen molar-refractivity contribution in [1.29, 1.82) is 0 Å². The van der Waals surface area contributed by atoms with Gasteiger partial charge in [0, 0.05) is 22.7 Å². The van der Waals surface area contributed by atoms with E-state index in [9.17, 15) is 18.3 Å². The van der Waals surface area contributed by atoms with Gasteiger partial charge in [0.15, 0.2) is 11.4 Å². The predicted octanol–water partition coefficient (Wildman–Crippen LogP) is 4.75. The fourth-order valence-electron chi connectivity index (χ4n) is 2.76. The number of anilines is 1. The van der Waals surface area contributed by atoms with Crippen molar-refractivity contribution >= 4 is 27.5 Å². The molecule has 0 saturated heterocycles. The average molecular weight is 418 g/mol.